The molecule has 1 N–H and O–H groups in total. The number of fused-ring (bicyclic) bond motifs is 1. The van der Waals surface area contributed by atoms with Gasteiger partial charge < -0.3 is 9.67 Å². The van der Waals surface area contributed by atoms with Crippen molar-refractivity contribution in [1.82, 2.24) is 4.57 Å². The van der Waals surface area contributed by atoms with Gasteiger partial charge in [-0.1, -0.05) is 0 Å². The number of rotatable bonds is 4. The quantitative estimate of drug-likeness (QED) is 0.516. The van der Waals surface area contributed by atoms with Crippen molar-refractivity contribution in [3.05, 3.63) is 39.6 Å². The van der Waals surface area contributed by atoms with Gasteiger partial charge in [-0.05, 0) is 13.0 Å². The van der Waals surface area contributed by atoms with Crippen LogP contribution < -0.4 is 0 Å². The van der Waals surface area contributed by atoms with Gasteiger partial charge in [0.25, 0.3) is 5.69 Å². The summed E-state index contributed by atoms with van der Waals surface area (Å²) < 4.78 is 1.45. The molecule has 1 aromatic heterocycles. The molecule has 1 aromatic carbocycles. The Labute approximate surface area is 107 Å². The first-order valence-corrected chi connectivity index (χ1v) is 5.50. The number of nitro groups is 1. The number of aryl methyl sites for hydroxylation is 1. The van der Waals surface area contributed by atoms with E-state index in [4.69, 9.17) is 0 Å². The summed E-state index contributed by atoms with van der Waals surface area (Å²) in [6.45, 7) is 2.09. The minimum atomic E-state index is -1.23. The monoisotopic (exact) mass is 262 g/mol. The number of aromatic carboxylic acids is 1. The van der Waals surface area contributed by atoms with Crippen LogP contribution in [0.1, 0.15) is 27.8 Å². The van der Waals surface area contributed by atoms with E-state index in [2.05, 4.69) is 0 Å². The first-order valence-electron chi connectivity index (χ1n) is 5.50. The van der Waals surface area contributed by atoms with Crippen LogP contribution >= 0.6 is 0 Å². The minimum Gasteiger partial charge on any atom is -0.477 e. The standard InChI is InChI=1S/C12H10N2O5/c1-2-13-10-4-3-7(14(18)19)5-8(10)9(6-15)11(13)12(16)17/h3-6H,2H2,1H3,(H,16,17). The maximum atomic E-state index is 11.2. The Balaban J connectivity index is 2.92. The Morgan fingerprint density at radius 2 is 2.21 bits per heavy atom. The SMILES string of the molecule is CCn1c(C(=O)O)c(C=O)c2cc([N+](=O)[O-])ccc21. The number of hydrogen-bond donors (Lipinski definition) is 1. The van der Waals surface area contributed by atoms with Crippen molar-refractivity contribution in [2.45, 2.75) is 13.5 Å². The molecule has 19 heavy (non-hydrogen) atoms. The normalized spacial score (nSPS) is 10.6. The molecule has 0 aliphatic heterocycles. The van der Waals surface area contributed by atoms with Gasteiger partial charge in [0.05, 0.1) is 10.5 Å². The van der Waals surface area contributed by atoms with Crippen molar-refractivity contribution in [2.75, 3.05) is 0 Å². The van der Waals surface area contributed by atoms with E-state index < -0.39 is 10.9 Å². The van der Waals surface area contributed by atoms with E-state index >= 15 is 0 Å². The molecule has 0 aliphatic carbocycles. The minimum absolute atomic E-state index is 0.0342. The molecule has 0 saturated heterocycles. The van der Waals surface area contributed by atoms with Crippen molar-refractivity contribution in [2.24, 2.45) is 0 Å². The Morgan fingerprint density at radius 3 is 2.68 bits per heavy atom. The molecule has 0 saturated carbocycles. The molecule has 0 bridgehead atoms. The van der Waals surface area contributed by atoms with Crippen LogP contribution in [-0.4, -0.2) is 26.9 Å². The summed E-state index contributed by atoms with van der Waals surface area (Å²) in [7, 11) is 0. The van der Waals surface area contributed by atoms with Crippen LogP contribution in [-0.2, 0) is 6.54 Å². The molecule has 0 atom stereocenters. The number of carboxylic acids is 1. The predicted octanol–water partition coefficient (Wildman–Crippen LogP) is 2.08. The molecule has 0 radical (unpaired) electrons. The largest absolute Gasteiger partial charge is 0.477 e. The second-order valence-electron chi connectivity index (χ2n) is 3.89. The second-order valence-corrected chi connectivity index (χ2v) is 3.89. The van der Waals surface area contributed by atoms with Crippen LogP contribution in [0, 0.1) is 10.1 Å². The molecule has 2 rings (SSSR count). The van der Waals surface area contributed by atoms with Crippen LogP contribution in [0.3, 0.4) is 0 Å². The lowest BCUT2D eigenvalue weighted by atomic mass is 10.1. The highest BCUT2D eigenvalue weighted by Crippen LogP contribution is 2.28. The lowest BCUT2D eigenvalue weighted by Crippen LogP contribution is -2.09. The van der Waals surface area contributed by atoms with Crippen molar-refractivity contribution in [3.63, 3.8) is 0 Å². The van der Waals surface area contributed by atoms with Crippen LogP contribution in [0.15, 0.2) is 18.2 Å². The number of aldehydes is 1. The summed E-state index contributed by atoms with van der Waals surface area (Å²) in [6, 6.07) is 3.96. The van der Waals surface area contributed by atoms with Gasteiger partial charge in [0.1, 0.15) is 5.69 Å². The predicted molar refractivity (Wildman–Crippen MR) is 66.6 cm³/mol. The third kappa shape index (κ3) is 1.85. The van der Waals surface area contributed by atoms with Crippen LogP contribution in [0.25, 0.3) is 10.9 Å². The van der Waals surface area contributed by atoms with Gasteiger partial charge in [-0.15, -0.1) is 0 Å². The lowest BCUT2D eigenvalue weighted by molar-refractivity contribution is -0.384. The van der Waals surface area contributed by atoms with Gasteiger partial charge in [-0.3, -0.25) is 14.9 Å². The molecule has 98 valence electrons. The molecule has 0 unspecified atom stereocenters. The van der Waals surface area contributed by atoms with Crippen LogP contribution in [0.4, 0.5) is 5.69 Å². The fourth-order valence-electron chi connectivity index (χ4n) is 2.16. The molecule has 0 aliphatic rings. The molecule has 2 aromatic rings. The molecular formula is C12H10N2O5. The molecule has 0 fully saturated rings. The Hall–Kier alpha value is -2.70. The van der Waals surface area contributed by atoms with Crippen molar-refractivity contribution < 1.29 is 19.6 Å². The average molecular weight is 262 g/mol. The van der Waals surface area contributed by atoms with E-state index in [9.17, 15) is 24.8 Å². The fourth-order valence-corrected chi connectivity index (χ4v) is 2.16. The molecular weight excluding hydrogens is 252 g/mol. The molecule has 0 amide bonds. The summed E-state index contributed by atoms with van der Waals surface area (Å²) >= 11 is 0. The number of hydrogen-bond acceptors (Lipinski definition) is 4. The maximum Gasteiger partial charge on any atom is 0.353 e. The first kappa shape index (κ1) is 12.7. The zero-order chi connectivity index (χ0) is 14.2. The highest BCUT2D eigenvalue weighted by atomic mass is 16.6. The highest BCUT2D eigenvalue weighted by molar-refractivity contribution is 6.08. The summed E-state index contributed by atoms with van der Waals surface area (Å²) in [4.78, 5) is 32.5. The zero-order valence-electron chi connectivity index (χ0n) is 9.99. The van der Waals surface area contributed by atoms with Crippen molar-refractivity contribution in [3.8, 4) is 0 Å². The number of non-ortho nitro benzene ring substituents is 1. The number of aromatic nitrogens is 1. The van der Waals surface area contributed by atoms with Crippen LogP contribution in [0.2, 0.25) is 0 Å². The number of nitrogens with zero attached hydrogens (tertiary/aromatic N) is 2. The van der Waals surface area contributed by atoms with Gasteiger partial charge in [0.2, 0.25) is 0 Å². The Morgan fingerprint density at radius 1 is 1.53 bits per heavy atom. The van der Waals surface area contributed by atoms with E-state index in [1.807, 2.05) is 0 Å². The summed E-state index contributed by atoms with van der Waals surface area (Å²) in [5, 5.41) is 20.2. The Kier molecular flexibility index (Phi) is 3.04. The van der Waals surface area contributed by atoms with Crippen molar-refractivity contribution in [1.29, 1.82) is 0 Å². The Bertz CT molecular complexity index is 702. The summed E-state index contributed by atoms with van der Waals surface area (Å²) in [6.07, 6.45) is 0.418. The highest BCUT2D eigenvalue weighted by Gasteiger charge is 2.22. The fraction of sp³-hybridized carbons (Fsp3) is 0.167. The van der Waals surface area contributed by atoms with Gasteiger partial charge in [0.15, 0.2) is 6.29 Å². The third-order valence-electron chi connectivity index (χ3n) is 2.93. The van der Waals surface area contributed by atoms with E-state index in [0.717, 1.165) is 0 Å². The lowest BCUT2D eigenvalue weighted by Gasteiger charge is -2.03. The average Bonchev–Trinajstić information content (AvgIpc) is 2.71. The summed E-state index contributed by atoms with van der Waals surface area (Å²) in [5.41, 5.74) is 0.134. The molecule has 7 heteroatoms. The molecule has 0 spiro atoms. The van der Waals surface area contributed by atoms with Crippen molar-refractivity contribution >= 4 is 28.8 Å². The van der Waals surface area contributed by atoms with E-state index in [0.29, 0.717) is 18.3 Å². The smallest absolute Gasteiger partial charge is 0.353 e. The van der Waals surface area contributed by atoms with Crippen LogP contribution in [0.5, 0.6) is 0 Å². The van der Waals surface area contributed by atoms with E-state index in [-0.39, 0.29) is 22.3 Å². The number of nitro benzene ring substituents is 1. The maximum absolute atomic E-state index is 11.2. The molecule has 1 heterocycles. The number of carboxylic acid groups (broad SMARTS) is 1. The first-order chi connectivity index (χ1) is 9.01. The summed E-state index contributed by atoms with van der Waals surface area (Å²) in [5.74, 6) is -1.23. The van der Waals surface area contributed by atoms with E-state index in [1.54, 1.807) is 6.92 Å². The third-order valence-corrected chi connectivity index (χ3v) is 2.93. The van der Waals surface area contributed by atoms with Gasteiger partial charge >= 0.3 is 5.97 Å². The van der Waals surface area contributed by atoms with Gasteiger partial charge in [-0.25, -0.2) is 4.79 Å². The second kappa shape index (κ2) is 4.52. The van der Waals surface area contributed by atoms with Gasteiger partial charge in [0, 0.05) is 29.6 Å². The van der Waals surface area contributed by atoms with E-state index in [1.165, 1.54) is 22.8 Å². The number of carbonyl (C=O) groups is 2. The zero-order valence-corrected chi connectivity index (χ0v) is 9.99. The number of benzene rings is 1. The van der Waals surface area contributed by atoms with Gasteiger partial charge in [-0.2, -0.15) is 0 Å². The topological polar surface area (TPSA) is 102 Å². The number of carbonyl (C=O) groups excluding carboxylic acids is 1. The molecule has 7 nitrogen and oxygen atoms in total.